The van der Waals surface area contributed by atoms with Crippen molar-refractivity contribution in [2.75, 3.05) is 6.61 Å². The fourth-order valence-corrected chi connectivity index (χ4v) is 3.26. The van der Waals surface area contributed by atoms with Gasteiger partial charge in [0.1, 0.15) is 16.9 Å². The number of unbranched alkanes of at least 4 members (excludes halogenated alkanes) is 6. The summed E-state index contributed by atoms with van der Waals surface area (Å²) in [5, 5.41) is -0.681. The SMILES string of the molecule is CCCCCCCCCOC(=O)Oc1ccc(-c2ccc(OC(=O)[C@@H](Cl)C(C)C)cc2)cc1. The third-order valence-electron chi connectivity index (χ3n) is 5.24. The van der Waals surface area contributed by atoms with Crippen LogP contribution in [0.2, 0.25) is 0 Å². The van der Waals surface area contributed by atoms with Crippen LogP contribution in [0.4, 0.5) is 4.79 Å². The second-order valence-corrected chi connectivity index (χ2v) is 8.91. The number of alkyl halides is 1. The molecule has 0 saturated carbocycles. The Morgan fingerprint density at radius 3 is 1.76 bits per heavy atom. The van der Waals surface area contributed by atoms with E-state index < -0.39 is 17.5 Å². The van der Waals surface area contributed by atoms with Crippen molar-refractivity contribution in [3.63, 3.8) is 0 Å². The summed E-state index contributed by atoms with van der Waals surface area (Å²) in [5.74, 6) is 0.408. The smallest absolute Gasteiger partial charge is 0.434 e. The lowest BCUT2D eigenvalue weighted by atomic mass is 10.1. The van der Waals surface area contributed by atoms with Gasteiger partial charge in [0.15, 0.2) is 0 Å². The van der Waals surface area contributed by atoms with Gasteiger partial charge in [-0.2, -0.15) is 0 Å². The Labute approximate surface area is 202 Å². The summed E-state index contributed by atoms with van der Waals surface area (Å²) in [5.41, 5.74) is 1.88. The van der Waals surface area contributed by atoms with Gasteiger partial charge in [-0.05, 0) is 47.7 Å². The van der Waals surface area contributed by atoms with Crippen LogP contribution in [-0.4, -0.2) is 24.1 Å². The Hall–Kier alpha value is -2.53. The van der Waals surface area contributed by atoms with Crippen molar-refractivity contribution < 1.29 is 23.8 Å². The Morgan fingerprint density at radius 1 is 0.758 bits per heavy atom. The number of carbonyl (C=O) groups excluding carboxylic acids is 2. The van der Waals surface area contributed by atoms with Crippen LogP contribution in [0.25, 0.3) is 11.1 Å². The van der Waals surface area contributed by atoms with Crippen LogP contribution in [0.1, 0.15) is 65.7 Å². The van der Waals surface area contributed by atoms with Crippen molar-refractivity contribution in [1.82, 2.24) is 0 Å². The monoisotopic (exact) mass is 474 g/mol. The molecule has 2 aromatic rings. The third-order valence-corrected chi connectivity index (χ3v) is 5.92. The Kier molecular flexibility index (Phi) is 11.8. The molecule has 0 fully saturated rings. The lowest BCUT2D eigenvalue weighted by Crippen LogP contribution is -2.25. The lowest BCUT2D eigenvalue weighted by molar-refractivity contribution is -0.134. The second-order valence-electron chi connectivity index (χ2n) is 8.44. The summed E-state index contributed by atoms with van der Waals surface area (Å²) in [4.78, 5) is 23.8. The lowest BCUT2D eigenvalue weighted by Gasteiger charge is -2.12. The van der Waals surface area contributed by atoms with Gasteiger partial charge in [0.25, 0.3) is 0 Å². The highest BCUT2D eigenvalue weighted by Crippen LogP contribution is 2.25. The predicted molar refractivity (Wildman–Crippen MR) is 132 cm³/mol. The minimum absolute atomic E-state index is 0.00299. The van der Waals surface area contributed by atoms with Crippen LogP contribution in [0.15, 0.2) is 48.5 Å². The molecule has 0 saturated heterocycles. The Morgan fingerprint density at radius 2 is 1.24 bits per heavy atom. The molecule has 0 N–H and O–H groups in total. The van der Waals surface area contributed by atoms with Crippen LogP contribution in [0, 0.1) is 5.92 Å². The molecule has 1 atom stereocenters. The van der Waals surface area contributed by atoms with E-state index in [9.17, 15) is 9.59 Å². The average Bonchev–Trinajstić information content (AvgIpc) is 2.81. The summed E-state index contributed by atoms with van der Waals surface area (Å²) in [6, 6.07) is 14.3. The van der Waals surface area contributed by atoms with Crippen LogP contribution in [0.3, 0.4) is 0 Å². The molecule has 2 aromatic carbocycles. The largest absolute Gasteiger partial charge is 0.513 e. The molecular weight excluding hydrogens is 440 g/mol. The molecule has 0 aromatic heterocycles. The minimum Gasteiger partial charge on any atom is -0.434 e. The zero-order valence-corrected chi connectivity index (χ0v) is 20.6. The van der Waals surface area contributed by atoms with Gasteiger partial charge in [-0.1, -0.05) is 83.6 Å². The molecule has 0 aliphatic rings. The van der Waals surface area contributed by atoms with Gasteiger partial charge in [-0.25, -0.2) is 4.79 Å². The summed E-state index contributed by atoms with van der Waals surface area (Å²) >= 11 is 6.04. The van der Waals surface area contributed by atoms with E-state index in [2.05, 4.69) is 6.92 Å². The van der Waals surface area contributed by atoms with Crippen molar-refractivity contribution in [1.29, 1.82) is 0 Å². The van der Waals surface area contributed by atoms with E-state index in [1.54, 1.807) is 24.3 Å². The molecule has 0 heterocycles. The number of hydrogen-bond acceptors (Lipinski definition) is 5. The molecule has 0 unspecified atom stereocenters. The van der Waals surface area contributed by atoms with Crippen molar-refractivity contribution in [3.05, 3.63) is 48.5 Å². The van der Waals surface area contributed by atoms with Crippen molar-refractivity contribution >= 4 is 23.7 Å². The summed E-state index contributed by atoms with van der Waals surface area (Å²) in [6.07, 6.45) is 7.46. The highest BCUT2D eigenvalue weighted by molar-refractivity contribution is 6.30. The first-order chi connectivity index (χ1) is 15.9. The molecule has 5 nitrogen and oxygen atoms in total. The van der Waals surface area contributed by atoms with Crippen molar-refractivity contribution in [2.24, 2.45) is 5.92 Å². The molecule has 0 aliphatic carbocycles. The first-order valence-corrected chi connectivity index (χ1v) is 12.2. The van der Waals surface area contributed by atoms with Crippen LogP contribution in [0.5, 0.6) is 11.5 Å². The molecule has 6 heteroatoms. The van der Waals surface area contributed by atoms with Crippen LogP contribution < -0.4 is 9.47 Å². The number of hydrogen-bond donors (Lipinski definition) is 0. The molecule has 0 amide bonds. The first-order valence-electron chi connectivity index (χ1n) is 11.8. The van der Waals surface area contributed by atoms with Crippen molar-refractivity contribution in [2.45, 2.75) is 71.1 Å². The van der Waals surface area contributed by atoms with Gasteiger partial charge < -0.3 is 14.2 Å². The van der Waals surface area contributed by atoms with Gasteiger partial charge in [-0.3, -0.25) is 4.79 Å². The first kappa shape index (κ1) is 26.7. The molecule has 180 valence electrons. The predicted octanol–water partition coefficient (Wildman–Crippen LogP) is 7.79. The topological polar surface area (TPSA) is 61.8 Å². The fourth-order valence-electron chi connectivity index (χ4n) is 3.22. The maximum Gasteiger partial charge on any atom is 0.513 e. The van der Waals surface area contributed by atoms with Gasteiger partial charge in [0.2, 0.25) is 0 Å². The molecule has 2 rings (SSSR count). The van der Waals surface area contributed by atoms with E-state index >= 15 is 0 Å². The average molecular weight is 475 g/mol. The van der Waals surface area contributed by atoms with Crippen LogP contribution >= 0.6 is 11.6 Å². The zero-order chi connectivity index (χ0) is 24.1. The number of benzene rings is 2. The quantitative estimate of drug-likeness (QED) is 0.0974. The Balaban J connectivity index is 1.75. The van der Waals surface area contributed by atoms with E-state index in [1.165, 1.54) is 32.1 Å². The van der Waals surface area contributed by atoms with E-state index in [4.69, 9.17) is 25.8 Å². The zero-order valence-electron chi connectivity index (χ0n) is 19.8. The van der Waals surface area contributed by atoms with Gasteiger partial charge in [0.05, 0.1) is 6.61 Å². The molecule has 0 bridgehead atoms. The number of rotatable bonds is 13. The Bertz CT molecular complexity index is 846. The third kappa shape index (κ3) is 9.87. The standard InChI is InChI=1S/C27H35ClO5/c1-4-5-6-7-8-9-10-19-31-27(30)33-24-17-13-22(14-18-24)21-11-15-23(16-12-21)32-26(29)25(28)20(2)3/h11-18,20,25H,4-10,19H2,1-3H3/t25-/m0/s1. The highest BCUT2D eigenvalue weighted by atomic mass is 35.5. The number of ether oxygens (including phenoxy) is 3. The maximum absolute atomic E-state index is 12.0. The van der Waals surface area contributed by atoms with Crippen LogP contribution in [-0.2, 0) is 9.53 Å². The van der Waals surface area contributed by atoms with E-state index in [-0.39, 0.29) is 5.92 Å². The highest BCUT2D eigenvalue weighted by Gasteiger charge is 2.21. The van der Waals surface area contributed by atoms with Gasteiger partial charge in [-0.15, -0.1) is 11.6 Å². The van der Waals surface area contributed by atoms with E-state index in [1.807, 2.05) is 38.1 Å². The molecule has 33 heavy (non-hydrogen) atoms. The minimum atomic E-state index is -0.682. The second kappa shape index (κ2) is 14.6. The van der Waals surface area contributed by atoms with E-state index in [0.717, 1.165) is 24.0 Å². The summed E-state index contributed by atoms with van der Waals surface area (Å²) < 4.78 is 15.7. The fraction of sp³-hybridized carbons (Fsp3) is 0.481. The van der Waals surface area contributed by atoms with E-state index in [0.29, 0.717) is 18.1 Å². The molecule has 0 radical (unpaired) electrons. The van der Waals surface area contributed by atoms with Crippen molar-refractivity contribution in [3.8, 4) is 22.6 Å². The molecular formula is C27H35ClO5. The number of esters is 1. The number of halogens is 1. The molecule has 0 spiro atoms. The molecule has 0 aliphatic heterocycles. The maximum atomic E-state index is 12.0. The van der Waals surface area contributed by atoms with Gasteiger partial charge >= 0.3 is 12.1 Å². The summed E-state index contributed by atoms with van der Waals surface area (Å²) in [6.45, 7) is 6.32. The number of carbonyl (C=O) groups is 2. The van der Waals surface area contributed by atoms with Gasteiger partial charge in [0, 0.05) is 0 Å². The summed E-state index contributed by atoms with van der Waals surface area (Å²) in [7, 11) is 0. The normalized spacial score (nSPS) is 11.8.